The van der Waals surface area contributed by atoms with Gasteiger partial charge in [-0.25, -0.2) is 4.79 Å². The Hall–Kier alpha value is -4.13. The van der Waals surface area contributed by atoms with E-state index in [9.17, 15) is 24.0 Å². The van der Waals surface area contributed by atoms with E-state index >= 15 is 0 Å². The lowest BCUT2D eigenvalue weighted by atomic mass is 9.78. The van der Waals surface area contributed by atoms with Crippen molar-refractivity contribution in [3.05, 3.63) is 48.6 Å². The summed E-state index contributed by atoms with van der Waals surface area (Å²) in [5.41, 5.74) is 0.0733. The molecule has 2 unspecified atom stereocenters. The smallest absolute Gasteiger partial charge is 0.315 e. The number of benzene rings is 1. The van der Waals surface area contributed by atoms with E-state index in [0.717, 1.165) is 51.4 Å². The van der Waals surface area contributed by atoms with Gasteiger partial charge in [-0.1, -0.05) is 90.3 Å². The van der Waals surface area contributed by atoms with Gasteiger partial charge < -0.3 is 26.2 Å². The van der Waals surface area contributed by atoms with Crippen LogP contribution in [0.1, 0.15) is 98.0 Å². The van der Waals surface area contributed by atoms with E-state index in [-0.39, 0.29) is 54.1 Å². The minimum atomic E-state index is -1.14. The number of nitrogens with zero attached hydrogens (tertiary/aromatic N) is 1. The van der Waals surface area contributed by atoms with E-state index in [1.54, 1.807) is 4.90 Å². The summed E-state index contributed by atoms with van der Waals surface area (Å²) in [5.74, 6) is -0.0515. The van der Waals surface area contributed by atoms with E-state index in [1.807, 2.05) is 39.0 Å². The van der Waals surface area contributed by atoms with Crippen LogP contribution in [0.4, 0.5) is 4.79 Å². The summed E-state index contributed by atoms with van der Waals surface area (Å²) in [6.45, 7) is 13.9. The zero-order valence-electron chi connectivity index (χ0n) is 30.6. The van der Waals surface area contributed by atoms with Crippen molar-refractivity contribution in [3.63, 3.8) is 0 Å². The lowest BCUT2D eigenvalue weighted by Crippen LogP contribution is -2.63. The summed E-state index contributed by atoms with van der Waals surface area (Å²) in [6.07, 6.45) is 14.9. The summed E-state index contributed by atoms with van der Waals surface area (Å²) in [5, 5.41) is 11.6. The van der Waals surface area contributed by atoms with Crippen LogP contribution >= 0.6 is 0 Å². The third-order valence-corrected chi connectivity index (χ3v) is 11.1. The fourth-order valence-electron chi connectivity index (χ4n) is 8.14. The Morgan fingerprint density at radius 1 is 1.06 bits per heavy atom. The Morgan fingerprint density at radius 2 is 1.74 bits per heavy atom. The van der Waals surface area contributed by atoms with Crippen LogP contribution in [0, 0.1) is 35.0 Å². The predicted molar refractivity (Wildman–Crippen MR) is 195 cm³/mol. The molecule has 3 aliphatic rings. The normalized spacial score (nSPS) is 22.9. The number of piperidine rings is 1. The number of hydrogen-bond donors (Lipinski definition) is 4. The molecular weight excluding hydrogens is 630 g/mol. The third kappa shape index (κ3) is 9.15. The van der Waals surface area contributed by atoms with Crippen LogP contribution in [0.15, 0.2) is 43.0 Å². The molecule has 10 heteroatoms. The second-order valence-corrected chi connectivity index (χ2v) is 16.1. The van der Waals surface area contributed by atoms with Crippen LogP contribution < -0.4 is 21.3 Å². The average Bonchev–Trinajstić information content (AvgIpc) is 3.38. The number of ketones is 1. The van der Waals surface area contributed by atoms with Crippen molar-refractivity contribution < 1.29 is 24.0 Å². The topological polar surface area (TPSA) is 137 Å². The minimum absolute atomic E-state index is 0.0835. The number of likely N-dealkylation sites (tertiary alicyclic amines) is 1. The van der Waals surface area contributed by atoms with Crippen LogP contribution in [0.3, 0.4) is 0 Å². The van der Waals surface area contributed by atoms with Gasteiger partial charge in [0.1, 0.15) is 12.1 Å². The van der Waals surface area contributed by atoms with Gasteiger partial charge >= 0.3 is 6.03 Å². The SMILES string of the molecule is C#CCCC(NC(=O)[C@@H]1[C@@H]2C(CN1C(=O)[C@@H](NC(=O)NC1(CCCc3ccccc3)CCCCC1)C(C)(C)C)C2(C)C)C(=O)C(=O)NCC=C. The summed E-state index contributed by atoms with van der Waals surface area (Å²) < 4.78 is 0. The Morgan fingerprint density at radius 3 is 2.36 bits per heavy atom. The van der Waals surface area contributed by atoms with E-state index in [4.69, 9.17) is 6.42 Å². The van der Waals surface area contributed by atoms with Crippen LogP contribution in [-0.4, -0.2) is 71.2 Å². The minimum Gasteiger partial charge on any atom is -0.346 e. The number of amides is 5. The molecule has 272 valence electrons. The molecule has 3 fully saturated rings. The van der Waals surface area contributed by atoms with Crippen molar-refractivity contribution in [2.45, 2.75) is 122 Å². The number of Topliss-reactive ketones (excluding diaryl/α,β-unsaturated/α-hetero) is 1. The number of hydrogen-bond acceptors (Lipinski definition) is 5. The van der Waals surface area contributed by atoms with Crippen LogP contribution in [-0.2, 0) is 25.6 Å². The van der Waals surface area contributed by atoms with E-state index in [1.165, 1.54) is 11.6 Å². The van der Waals surface area contributed by atoms with Gasteiger partial charge in [0.2, 0.25) is 17.6 Å². The molecule has 1 aliphatic heterocycles. The van der Waals surface area contributed by atoms with Crippen molar-refractivity contribution in [1.29, 1.82) is 0 Å². The highest BCUT2D eigenvalue weighted by atomic mass is 16.2. The fourth-order valence-corrected chi connectivity index (χ4v) is 8.14. The first-order chi connectivity index (χ1) is 23.6. The predicted octanol–water partition coefficient (Wildman–Crippen LogP) is 4.68. The molecule has 0 radical (unpaired) electrons. The van der Waals surface area contributed by atoms with E-state index in [0.29, 0.717) is 6.54 Å². The van der Waals surface area contributed by atoms with Crippen LogP contribution in [0.5, 0.6) is 0 Å². The van der Waals surface area contributed by atoms with Crippen LogP contribution in [0.2, 0.25) is 0 Å². The standard InChI is InChI=1S/C40H57N5O5/c1-8-10-21-29(32(46)35(48)41-25-9-2)42-34(47)31-30-28(39(30,6)7)26-45(31)36(49)33(38(3,4)5)43-37(50)44-40(22-15-12-16-23-40)24-17-20-27-18-13-11-14-19-27/h1,9,11,13-14,18-19,28-31,33H,2,10,12,15-17,20-26H2,3-7H3,(H,41,48)(H,42,47)(H2,43,44,50)/t28?,29?,30-,31-,33+/m0/s1. The summed E-state index contributed by atoms with van der Waals surface area (Å²) >= 11 is 0. The molecule has 2 saturated carbocycles. The Labute approximate surface area is 298 Å². The first kappa shape index (κ1) is 38.7. The van der Waals surface area contributed by atoms with Gasteiger partial charge in [0.05, 0.1) is 6.04 Å². The molecule has 5 atom stereocenters. The maximum absolute atomic E-state index is 14.5. The Kier molecular flexibility index (Phi) is 12.6. The van der Waals surface area contributed by atoms with Crippen molar-refractivity contribution >= 4 is 29.5 Å². The van der Waals surface area contributed by atoms with Gasteiger partial charge in [0.15, 0.2) is 0 Å². The number of aryl methyl sites for hydroxylation is 1. The fraction of sp³-hybridized carbons (Fsp3) is 0.625. The molecule has 1 saturated heterocycles. The quantitative estimate of drug-likeness (QED) is 0.121. The molecule has 10 nitrogen and oxygen atoms in total. The van der Waals surface area contributed by atoms with Gasteiger partial charge in [-0.05, 0) is 66.8 Å². The molecule has 1 heterocycles. The third-order valence-electron chi connectivity index (χ3n) is 11.1. The van der Waals surface area contributed by atoms with Crippen molar-refractivity contribution in [1.82, 2.24) is 26.2 Å². The molecule has 50 heavy (non-hydrogen) atoms. The monoisotopic (exact) mass is 687 g/mol. The lowest BCUT2D eigenvalue weighted by molar-refractivity contribution is -0.145. The summed E-state index contributed by atoms with van der Waals surface area (Å²) in [4.78, 5) is 69.5. The average molecular weight is 688 g/mol. The maximum atomic E-state index is 14.5. The second-order valence-electron chi connectivity index (χ2n) is 16.1. The van der Waals surface area contributed by atoms with Gasteiger partial charge in [0, 0.05) is 25.0 Å². The highest BCUT2D eigenvalue weighted by molar-refractivity contribution is 6.38. The number of nitrogens with one attached hydrogen (secondary N) is 4. The molecule has 0 bridgehead atoms. The highest BCUT2D eigenvalue weighted by Crippen LogP contribution is 2.65. The molecule has 1 aromatic rings. The highest BCUT2D eigenvalue weighted by Gasteiger charge is 2.70. The zero-order valence-corrected chi connectivity index (χ0v) is 30.6. The lowest BCUT2D eigenvalue weighted by Gasteiger charge is -2.41. The Balaban J connectivity index is 1.50. The molecule has 0 aromatic heterocycles. The van der Waals surface area contributed by atoms with Gasteiger partial charge in [-0.2, -0.15) is 0 Å². The van der Waals surface area contributed by atoms with Gasteiger partial charge in [-0.15, -0.1) is 18.9 Å². The molecule has 4 N–H and O–H groups in total. The first-order valence-electron chi connectivity index (χ1n) is 18.2. The van der Waals surface area contributed by atoms with Gasteiger partial charge in [0.25, 0.3) is 5.91 Å². The number of carbonyl (C=O) groups excluding carboxylic acids is 5. The Bertz CT molecular complexity index is 1450. The van der Waals surface area contributed by atoms with Crippen LogP contribution in [0.25, 0.3) is 0 Å². The molecule has 5 amide bonds. The molecule has 0 spiro atoms. The molecular formula is C40H57N5O5. The molecule has 4 rings (SSSR count). The first-order valence-corrected chi connectivity index (χ1v) is 18.2. The van der Waals surface area contributed by atoms with Crippen molar-refractivity contribution in [2.75, 3.05) is 13.1 Å². The number of rotatable bonds is 15. The molecule has 1 aromatic carbocycles. The van der Waals surface area contributed by atoms with Crippen molar-refractivity contribution in [3.8, 4) is 12.3 Å². The van der Waals surface area contributed by atoms with Crippen molar-refractivity contribution in [2.24, 2.45) is 22.7 Å². The maximum Gasteiger partial charge on any atom is 0.315 e. The molecule has 2 aliphatic carbocycles. The number of urea groups is 1. The number of fused-ring (bicyclic) bond motifs is 1. The zero-order chi connectivity index (χ0) is 36.7. The number of carbonyl (C=O) groups is 5. The summed E-state index contributed by atoms with van der Waals surface area (Å²) in [7, 11) is 0. The number of terminal acetylenes is 1. The largest absolute Gasteiger partial charge is 0.346 e. The summed E-state index contributed by atoms with van der Waals surface area (Å²) in [6, 6.07) is 7.05. The van der Waals surface area contributed by atoms with E-state index in [2.05, 4.69) is 59.7 Å². The second kappa shape index (κ2) is 16.3. The van der Waals surface area contributed by atoms with Gasteiger partial charge in [-0.3, -0.25) is 19.2 Å². The van der Waals surface area contributed by atoms with E-state index < -0.39 is 41.1 Å².